The lowest BCUT2D eigenvalue weighted by Crippen LogP contribution is -1.94. The van der Waals surface area contributed by atoms with Crippen molar-refractivity contribution in [3.05, 3.63) is 54.2 Å². The van der Waals surface area contributed by atoms with Gasteiger partial charge in [0.1, 0.15) is 11.4 Å². The van der Waals surface area contributed by atoms with Gasteiger partial charge in [0.15, 0.2) is 0 Å². The van der Waals surface area contributed by atoms with E-state index in [9.17, 15) is 4.79 Å². The summed E-state index contributed by atoms with van der Waals surface area (Å²) in [5.74, 6) is -0.354. The topological polar surface area (TPSA) is 75.2 Å². The number of thiazole rings is 1. The summed E-state index contributed by atoms with van der Waals surface area (Å²) in [7, 11) is 0. The van der Waals surface area contributed by atoms with Gasteiger partial charge in [-0.05, 0) is 36.4 Å². The maximum absolute atomic E-state index is 11.0. The molecule has 0 amide bonds. The van der Waals surface area contributed by atoms with Crippen LogP contribution in [0.4, 0.5) is 0 Å². The number of H-pyrrole nitrogens is 1. The van der Waals surface area contributed by atoms with Crippen LogP contribution in [0.1, 0.15) is 10.5 Å². The number of rotatable bonds is 3. The fraction of sp³-hybridized carbons (Fsp3) is 0. The van der Waals surface area contributed by atoms with E-state index >= 15 is 0 Å². The predicted octanol–water partition coefficient (Wildman–Crippen LogP) is 4.27. The molecule has 0 fully saturated rings. The van der Waals surface area contributed by atoms with E-state index in [1.54, 1.807) is 24.3 Å². The number of ether oxygens (including phenoxy) is 1. The maximum atomic E-state index is 11.0. The first-order valence-corrected chi connectivity index (χ1v) is 7.40. The first-order chi connectivity index (χ1) is 10.7. The Labute approximate surface area is 128 Å². The maximum Gasteiger partial charge on any atom is 0.352 e. The second-order valence-corrected chi connectivity index (χ2v) is 5.78. The largest absolute Gasteiger partial charge is 0.477 e. The second-order valence-electron chi connectivity index (χ2n) is 4.79. The van der Waals surface area contributed by atoms with Crippen LogP contribution >= 0.6 is 11.3 Å². The molecule has 0 unspecified atom stereocenters. The number of aromatic amines is 1. The van der Waals surface area contributed by atoms with Crippen LogP contribution in [0, 0.1) is 0 Å². The highest BCUT2D eigenvalue weighted by Crippen LogP contribution is 2.32. The molecule has 0 aliphatic rings. The van der Waals surface area contributed by atoms with Crippen LogP contribution in [0.5, 0.6) is 10.9 Å². The van der Waals surface area contributed by atoms with Crippen molar-refractivity contribution in [1.82, 2.24) is 9.97 Å². The van der Waals surface area contributed by atoms with Gasteiger partial charge in [-0.3, -0.25) is 0 Å². The van der Waals surface area contributed by atoms with E-state index in [1.165, 1.54) is 11.3 Å². The third-order valence-electron chi connectivity index (χ3n) is 3.30. The van der Waals surface area contributed by atoms with Crippen molar-refractivity contribution in [3.8, 4) is 10.9 Å². The predicted molar refractivity (Wildman–Crippen MR) is 85.0 cm³/mol. The van der Waals surface area contributed by atoms with E-state index in [-0.39, 0.29) is 5.69 Å². The smallest absolute Gasteiger partial charge is 0.352 e. The molecule has 2 aromatic carbocycles. The summed E-state index contributed by atoms with van der Waals surface area (Å²) in [6.45, 7) is 0. The Balaban J connectivity index is 1.69. The van der Waals surface area contributed by atoms with Crippen molar-refractivity contribution in [1.29, 1.82) is 0 Å². The normalized spacial score (nSPS) is 11.1. The number of benzene rings is 2. The molecule has 2 aromatic heterocycles. The Morgan fingerprint density at radius 3 is 2.86 bits per heavy atom. The lowest BCUT2D eigenvalue weighted by atomic mass is 10.2. The first-order valence-electron chi connectivity index (χ1n) is 6.58. The molecule has 0 aliphatic carbocycles. The molecule has 5 nitrogen and oxygen atoms in total. The summed E-state index contributed by atoms with van der Waals surface area (Å²) in [6, 6.07) is 14.8. The molecule has 22 heavy (non-hydrogen) atoms. The quantitative estimate of drug-likeness (QED) is 0.592. The average Bonchev–Trinajstić information content (AvgIpc) is 3.09. The summed E-state index contributed by atoms with van der Waals surface area (Å²) < 4.78 is 6.85. The standard InChI is InChI=1S/C16H10N2O3S/c19-15(20)13-8-9-7-10(5-6-11(9)17-13)21-16-18-12-3-1-2-4-14(12)22-16/h1-8,17H,(H,19,20). The van der Waals surface area contributed by atoms with E-state index in [2.05, 4.69) is 9.97 Å². The van der Waals surface area contributed by atoms with E-state index in [1.807, 2.05) is 24.3 Å². The summed E-state index contributed by atoms with van der Waals surface area (Å²) in [5.41, 5.74) is 1.82. The molecule has 0 aliphatic heterocycles. The highest BCUT2D eigenvalue weighted by Gasteiger charge is 2.09. The minimum atomic E-state index is -0.982. The van der Waals surface area contributed by atoms with Crippen molar-refractivity contribution in [2.24, 2.45) is 0 Å². The minimum absolute atomic E-state index is 0.159. The molecular formula is C16H10N2O3S. The highest BCUT2D eigenvalue weighted by atomic mass is 32.1. The first kappa shape index (κ1) is 12.8. The number of aromatic nitrogens is 2. The fourth-order valence-electron chi connectivity index (χ4n) is 2.28. The zero-order chi connectivity index (χ0) is 15.1. The van der Waals surface area contributed by atoms with Crippen LogP contribution in [0.15, 0.2) is 48.5 Å². The third kappa shape index (κ3) is 2.19. The SMILES string of the molecule is O=C(O)c1cc2cc(Oc3nc4ccccc4s3)ccc2[nH]1. The van der Waals surface area contributed by atoms with Crippen LogP contribution in [0.2, 0.25) is 0 Å². The number of nitrogens with zero attached hydrogens (tertiary/aromatic N) is 1. The fourth-order valence-corrected chi connectivity index (χ4v) is 3.12. The number of hydrogen-bond donors (Lipinski definition) is 2. The highest BCUT2D eigenvalue weighted by molar-refractivity contribution is 7.20. The lowest BCUT2D eigenvalue weighted by Gasteiger charge is -2.00. The Hall–Kier alpha value is -2.86. The molecule has 2 heterocycles. The van der Waals surface area contributed by atoms with Crippen molar-refractivity contribution in [2.75, 3.05) is 0 Å². The summed E-state index contributed by atoms with van der Waals surface area (Å²) in [6.07, 6.45) is 0. The summed E-state index contributed by atoms with van der Waals surface area (Å²) in [4.78, 5) is 18.2. The molecule has 0 atom stereocenters. The Bertz CT molecular complexity index is 970. The van der Waals surface area contributed by atoms with E-state index in [0.29, 0.717) is 10.9 Å². The number of nitrogens with one attached hydrogen (secondary N) is 1. The summed E-state index contributed by atoms with van der Waals surface area (Å²) >= 11 is 1.47. The van der Waals surface area contributed by atoms with Crippen molar-refractivity contribution in [2.45, 2.75) is 0 Å². The van der Waals surface area contributed by atoms with Crippen molar-refractivity contribution in [3.63, 3.8) is 0 Å². The van der Waals surface area contributed by atoms with Crippen molar-refractivity contribution < 1.29 is 14.6 Å². The molecule has 0 radical (unpaired) electrons. The van der Waals surface area contributed by atoms with Gasteiger partial charge in [-0.2, -0.15) is 0 Å². The van der Waals surface area contributed by atoms with E-state index in [0.717, 1.165) is 21.1 Å². The van der Waals surface area contributed by atoms with Crippen LogP contribution < -0.4 is 4.74 Å². The number of carbonyl (C=O) groups is 1. The number of aromatic carboxylic acids is 1. The zero-order valence-electron chi connectivity index (χ0n) is 11.2. The number of hydrogen-bond acceptors (Lipinski definition) is 4. The second kappa shape index (κ2) is 4.85. The molecule has 0 bridgehead atoms. The Morgan fingerprint density at radius 1 is 1.18 bits per heavy atom. The summed E-state index contributed by atoms with van der Waals surface area (Å²) in [5, 5.41) is 10.4. The van der Waals surface area contributed by atoms with Gasteiger partial charge in [0.2, 0.25) is 0 Å². The molecule has 6 heteroatoms. The number of carboxylic acid groups (broad SMARTS) is 1. The van der Waals surface area contributed by atoms with Gasteiger partial charge in [-0.15, -0.1) is 0 Å². The Kier molecular flexibility index (Phi) is 2.83. The molecule has 4 rings (SSSR count). The van der Waals surface area contributed by atoms with Crippen molar-refractivity contribution >= 4 is 38.4 Å². The van der Waals surface area contributed by atoms with Crippen LogP contribution in [-0.4, -0.2) is 21.0 Å². The molecular weight excluding hydrogens is 300 g/mol. The van der Waals surface area contributed by atoms with Crippen LogP contribution in [-0.2, 0) is 0 Å². The molecule has 2 N–H and O–H groups in total. The molecule has 0 saturated carbocycles. The molecule has 4 aromatic rings. The van der Waals surface area contributed by atoms with Gasteiger partial charge in [0, 0.05) is 10.9 Å². The van der Waals surface area contributed by atoms with E-state index < -0.39 is 5.97 Å². The third-order valence-corrected chi connectivity index (χ3v) is 4.22. The molecule has 0 saturated heterocycles. The van der Waals surface area contributed by atoms with Crippen LogP contribution in [0.25, 0.3) is 21.1 Å². The number of fused-ring (bicyclic) bond motifs is 2. The van der Waals surface area contributed by atoms with Gasteiger partial charge in [-0.1, -0.05) is 23.5 Å². The molecule has 0 spiro atoms. The Morgan fingerprint density at radius 2 is 2.05 bits per heavy atom. The average molecular weight is 310 g/mol. The lowest BCUT2D eigenvalue weighted by molar-refractivity contribution is 0.0691. The van der Waals surface area contributed by atoms with Gasteiger partial charge in [-0.25, -0.2) is 9.78 Å². The van der Waals surface area contributed by atoms with Crippen LogP contribution in [0.3, 0.4) is 0 Å². The van der Waals surface area contributed by atoms with Gasteiger partial charge in [0.25, 0.3) is 5.19 Å². The molecule has 108 valence electrons. The van der Waals surface area contributed by atoms with Gasteiger partial charge >= 0.3 is 5.97 Å². The van der Waals surface area contributed by atoms with E-state index in [4.69, 9.17) is 9.84 Å². The van der Waals surface area contributed by atoms with Gasteiger partial charge in [0.05, 0.1) is 10.2 Å². The monoisotopic (exact) mass is 310 g/mol. The number of carboxylic acids is 1. The number of para-hydroxylation sites is 1. The zero-order valence-corrected chi connectivity index (χ0v) is 12.1. The minimum Gasteiger partial charge on any atom is -0.477 e. The van der Waals surface area contributed by atoms with Gasteiger partial charge < -0.3 is 14.8 Å².